The van der Waals surface area contributed by atoms with E-state index < -0.39 is 44.8 Å². The number of nitrogens with two attached hydrogens (primary N) is 1. The second kappa shape index (κ2) is 9.58. The molecule has 0 radical (unpaired) electrons. The number of fused-ring (bicyclic) bond motifs is 1. The number of halogens is 3. The Labute approximate surface area is 210 Å². The van der Waals surface area contributed by atoms with Crippen molar-refractivity contribution in [1.29, 1.82) is 0 Å². The van der Waals surface area contributed by atoms with Gasteiger partial charge in [0.15, 0.2) is 5.82 Å². The SMILES string of the molecule is Cn1c(=O)c(-c2c(F)ccc(NS(=O)(=O)N3CC[C@@H](F)C3)c2F)cc2cnc(N[C@@H]3CC[C@@H](N)C3)nc21. The predicted molar refractivity (Wildman–Crippen MR) is 133 cm³/mol. The van der Waals surface area contributed by atoms with Gasteiger partial charge in [0.1, 0.15) is 17.6 Å². The highest BCUT2D eigenvalue weighted by atomic mass is 32.2. The first-order chi connectivity index (χ1) is 17.5. The van der Waals surface area contributed by atoms with Crippen LogP contribution in [-0.2, 0) is 17.3 Å². The van der Waals surface area contributed by atoms with E-state index in [4.69, 9.17) is 5.73 Å². The first-order valence-electron chi connectivity index (χ1n) is 11.8. The van der Waals surface area contributed by atoms with E-state index in [1.54, 1.807) is 0 Å². The minimum absolute atomic E-state index is 0.0265. The minimum atomic E-state index is -4.29. The smallest absolute Gasteiger partial charge is 0.301 e. The van der Waals surface area contributed by atoms with Crippen LogP contribution in [0.4, 0.5) is 24.8 Å². The van der Waals surface area contributed by atoms with Crippen LogP contribution in [-0.4, -0.2) is 58.6 Å². The van der Waals surface area contributed by atoms with E-state index in [0.717, 1.165) is 40.3 Å². The quantitative estimate of drug-likeness (QED) is 0.439. The standard InChI is InChI=1S/C23H26F3N7O3S/c1-32-21-12(10-28-23(30-21)29-15-3-2-14(27)9-15)8-16(22(32)34)19-17(25)4-5-18(20(19)26)31-37(35,36)33-7-6-13(24)11-33/h4-5,8,10,13-15,31H,2-3,6-7,9,11,27H2,1H3,(H,28,29,30)/t13-,14-,15-/m1/s1. The van der Waals surface area contributed by atoms with Gasteiger partial charge in [-0.15, -0.1) is 0 Å². The fraction of sp³-hybridized carbons (Fsp3) is 0.435. The minimum Gasteiger partial charge on any atom is -0.351 e. The summed E-state index contributed by atoms with van der Waals surface area (Å²) in [5.74, 6) is -2.02. The molecule has 10 nitrogen and oxygen atoms in total. The van der Waals surface area contributed by atoms with Crippen molar-refractivity contribution in [3.8, 4) is 11.1 Å². The molecule has 37 heavy (non-hydrogen) atoms. The lowest BCUT2D eigenvalue weighted by Gasteiger charge is -2.18. The Kier molecular flexibility index (Phi) is 6.58. The Morgan fingerprint density at radius 1 is 1.19 bits per heavy atom. The highest BCUT2D eigenvalue weighted by Gasteiger charge is 2.32. The summed E-state index contributed by atoms with van der Waals surface area (Å²) in [6.45, 7) is -0.428. The molecule has 198 valence electrons. The lowest BCUT2D eigenvalue weighted by atomic mass is 10.0. The molecule has 2 aliphatic rings. The van der Waals surface area contributed by atoms with Gasteiger partial charge in [0.2, 0.25) is 5.95 Å². The number of rotatable bonds is 6. The van der Waals surface area contributed by atoms with Gasteiger partial charge in [0, 0.05) is 43.8 Å². The molecule has 1 aromatic carbocycles. The molecule has 1 aliphatic heterocycles. The fourth-order valence-corrected chi connectivity index (χ4v) is 6.08. The van der Waals surface area contributed by atoms with Crippen molar-refractivity contribution in [3.63, 3.8) is 0 Å². The third-order valence-electron chi connectivity index (χ3n) is 6.79. The van der Waals surface area contributed by atoms with Gasteiger partial charge in [0.05, 0.1) is 16.8 Å². The number of hydrogen-bond acceptors (Lipinski definition) is 7. The van der Waals surface area contributed by atoms with E-state index in [1.807, 2.05) is 4.72 Å². The van der Waals surface area contributed by atoms with Crippen molar-refractivity contribution in [2.45, 2.75) is 43.9 Å². The maximum Gasteiger partial charge on any atom is 0.301 e. The molecule has 0 spiro atoms. The molecular weight excluding hydrogens is 511 g/mol. The van der Waals surface area contributed by atoms with E-state index in [1.165, 1.54) is 19.3 Å². The Hall–Kier alpha value is -3.23. The molecule has 0 bridgehead atoms. The Bertz CT molecular complexity index is 1530. The summed E-state index contributed by atoms with van der Waals surface area (Å²) >= 11 is 0. The first-order valence-corrected chi connectivity index (χ1v) is 13.3. The van der Waals surface area contributed by atoms with Gasteiger partial charge in [-0.2, -0.15) is 17.7 Å². The monoisotopic (exact) mass is 537 g/mol. The summed E-state index contributed by atoms with van der Waals surface area (Å²) in [6, 6.07) is 3.25. The van der Waals surface area contributed by atoms with Crippen LogP contribution in [0, 0.1) is 11.6 Å². The molecule has 0 amide bonds. The van der Waals surface area contributed by atoms with Crippen LogP contribution >= 0.6 is 0 Å². The summed E-state index contributed by atoms with van der Waals surface area (Å²) < 4.78 is 73.1. The number of nitrogens with zero attached hydrogens (tertiary/aromatic N) is 4. The Morgan fingerprint density at radius 3 is 2.65 bits per heavy atom. The van der Waals surface area contributed by atoms with Crippen LogP contribution < -0.4 is 21.3 Å². The molecule has 4 N–H and O–H groups in total. The summed E-state index contributed by atoms with van der Waals surface area (Å²) in [4.78, 5) is 21.8. The Balaban J connectivity index is 1.51. The van der Waals surface area contributed by atoms with Crippen molar-refractivity contribution >= 4 is 32.9 Å². The van der Waals surface area contributed by atoms with Crippen LogP contribution in [0.3, 0.4) is 0 Å². The second-order valence-corrected chi connectivity index (χ2v) is 11.1. The molecule has 1 saturated carbocycles. The van der Waals surface area contributed by atoms with E-state index in [9.17, 15) is 22.0 Å². The largest absolute Gasteiger partial charge is 0.351 e. The molecule has 1 aliphatic carbocycles. The molecule has 0 unspecified atom stereocenters. The van der Waals surface area contributed by atoms with Gasteiger partial charge < -0.3 is 11.1 Å². The van der Waals surface area contributed by atoms with E-state index in [-0.39, 0.29) is 42.8 Å². The average molecular weight is 538 g/mol. The first kappa shape index (κ1) is 25.4. The van der Waals surface area contributed by atoms with E-state index in [0.29, 0.717) is 11.3 Å². The molecule has 1 saturated heterocycles. The molecule has 3 atom stereocenters. The lowest BCUT2D eigenvalue weighted by molar-refractivity contribution is 0.343. The average Bonchev–Trinajstić information content (AvgIpc) is 3.47. The van der Waals surface area contributed by atoms with Crippen LogP contribution in [0.1, 0.15) is 25.7 Å². The van der Waals surface area contributed by atoms with Crippen LogP contribution in [0.2, 0.25) is 0 Å². The summed E-state index contributed by atoms with van der Waals surface area (Å²) in [5.41, 5.74) is 3.87. The normalized spacial score (nSPS) is 22.6. The number of aryl methyl sites for hydroxylation is 1. The topological polar surface area (TPSA) is 135 Å². The Morgan fingerprint density at radius 2 is 1.97 bits per heavy atom. The summed E-state index contributed by atoms with van der Waals surface area (Å²) in [5, 5.41) is 3.55. The highest BCUT2D eigenvalue weighted by molar-refractivity contribution is 7.90. The molecule has 3 aromatic rings. The van der Waals surface area contributed by atoms with E-state index in [2.05, 4.69) is 15.3 Å². The van der Waals surface area contributed by atoms with Gasteiger partial charge in [0.25, 0.3) is 5.56 Å². The number of hydrogen-bond donors (Lipinski definition) is 3. The van der Waals surface area contributed by atoms with Crippen molar-refractivity contribution < 1.29 is 21.6 Å². The van der Waals surface area contributed by atoms with Gasteiger partial charge in [-0.25, -0.2) is 18.2 Å². The second-order valence-electron chi connectivity index (χ2n) is 9.44. The number of anilines is 2. The number of pyridine rings is 1. The number of aromatic nitrogens is 3. The zero-order valence-corrected chi connectivity index (χ0v) is 20.7. The van der Waals surface area contributed by atoms with Gasteiger partial charge >= 0.3 is 10.2 Å². The van der Waals surface area contributed by atoms with Crippen molar-refractivity contribution in [2.24, 2.45) is 12.8 Å². The third kappa shape index (κ3) is 4.88. The van der Waals surface area contributed by atoms with Crippen LogP contribution in [0.15, 0.2) is 29.2 Å². The van der Waals surface area contributed by atoms with Crippen LogP contribution in [0.5, 0.6) is 0 Å². The molecule has 2 aromatic heterocycles. The highest BCUT2D eigenvalue weighted by Crippen LogP contribution is 2.31. The lowest BCUT2D eigenvalue weighted by Crippen LogP contribution is -2.34. The maximum atomic E-state index is 15.5. The van der Waals surface area contributed by atoms with Crippen molar-refractivity contribution in [3.05, 3.63) is 46.4 Å². The van der Waals surface area contributed by atoms with Crippen molar-refractivity contribution in [2.75, 3.05) is 23.1 Å². The van der Waals surface area contributed by atoms with Crippen LogP contribution in [0.25, 0.3) is 22.2 Å². The fourth-order valence-electron chi connectivity index (χ4n) is 4.81. The van der Waals surface area contributed by atoms with Gasteiger partial charge in [-0.05, 0) is 43.9 Å². The van der Waals surface area contributed by atoms with Gasteiger partial charge in [-0.3, -0.25) is 14.1 Å². The van der Waals surface area contributed by atoms with Gasteiger partial charge in [-0.1, -0.05) is 0 Å². The summed E-state index contributed by atoms with van der Waals surface area (Å²) in [7, 11) is -2.87. The van der Waals surface area contributed by atoms with E-state index >= 15 is 4.39 Å². The van der Waals surface area contributed by atoms with Crippen molar-refractivity contribution in [1.82, 2.24) is 18.8 Å². The summed E-state index contributed by atoms with van der Waals surface area (Å²) in [6.07, 6.45) is 2.66. The predicted octanol–water partition coefficient (Wildman–Crippen LogP) is 2.27. The zero-order chi connectivity index (χ0) is 26.5. The maximum absolute atomic E-state index is 15.5. The molecule has 2 fully saturated rings. The molecule has 3 heterocycles. The molecular formula is C23H26F3N7O3S. The number of benzene rings is 1. The zero-order valence-electron chi connectivity index (χ0n) is 19.9. The number of alkyl halides is 1. The molecule has 5 rings (SSSR count). The molecule has 14 heteroatoms. The third-order valence-corrected chi connectivity index (χ3v) is 8.28. The number of nitrogens with one attached hydrogen (secondary N) is 2.